The monoisotopic (exact) mass is 228 g/mol. The number of alkyl halides is 3. The third kappa shape index (κ3) is 2.39. The third-order valence-electron chi connectivity index (χ3n) is 2.08. The van der Waals surface area contributed by atoms with E-state index < -0.39 is 18.3 Å². The molecule has 0 aliphatic heterocycles. The lowest BCUT2D eigenvalue weighted by atomic mass is 10.1. The number of hydrogen-bond acceptors (Lipinski definition) is 2. The largest absolute Gasteiger partial charge is 0.393 e. The number of fused-ring (bicyclic) bond motifs is 1. The summed E-state index contributed by atoms with van der Waals surface area (Å²) in [6, 6.07) is 4.15. The summed E-state index contributed by atoms with van der Waals surface area (Å²) in [5.41, 5.74) is 0.107. The number of benzene rings is 1. The second kappa shape index (κ2) is 3.62. The lowest BCUT2D eigenvalue weighted by molar-refractivity contribution is -0.127. The Morgan fingerprint density at radius 1 is 1.31 bits per heavy atom. The molecule has 0 aliphatic rings. The highest BCUT2D eigenvalue weighted by Gasteiger charge is 2.27. The van der Waals surface area contributed by atoms with Crippen LogP contribution in [0.15, 0.2) is 29.2 Å². The third-order valence-corrected chi connectivity index (χ3v) is 2.08. The van der Waals surface area contributed by atoms with Crippen LogP contribution in [0.2, 0.25) is 0 Å². The first kappa shape index (κ1) is 10.7. The SMILES string of the molecule is O=c1ncc2cc(CC(F)(F)F)ccc2[nH]1. The van der Waals surface area contributed by atoms with E-state index >= 15 is 0 Å². The van der Waals surface area contributed by atoms with Gasteiger partial charge in [0.05, 0.1) is 11.9 Å². The van der Waals surface area contributed by atoms with Crippen molar-refractivity contribution in [2.24, 2.45) is 0 Å². The lowest BCUT2D eigenvalue weighted by Gasteiger charge is -2.06. The summed E-state index contributed by atoms with van der Waals surface area (Å²) >= 11 is 0. The highest BCUT2D eigenvalue weighted by atomic mass is 19.4. The van der Waals surface area contributed by atoms with Crippen molar-refractivity contribution < 1.29 is 13.2 Å². The summed E-state index contributed by atoms with van der Waals surface area (Å²) < 4.78 is 36.4. The summed E-state index contributed by atoms with van der Waals surface area (Å²) in [5, 5.41) is 0.487. The van der Waals surface area contributed by atoms with E-state index in [0.29, 0.717) is 10.9 Å². The van der Waals surface area contributed by atoms with Gasteiger partial charge in [0.25, 0.3) is 0 Å². The molecule has 0 spiro atoms. The van der Waals surface area contributed by atoms with Crippen LogP contribution < -0.4 is 5.69 Å². The summed E-state index contributed by atoms with van der Waals surface area (Å²) in [5.74, 6) is 0. The van der Waals surface area contributed by atoms with E-state index in [1.807, 2.05) is 0 Å². The molecule has 0 saturated heterocycles. The van der Waals surface area contributed by atoms with E-state index in [1.165, 1.54) is 24.4 Å². The molecule has 1 aromatic carbocycles. The zero-order chi connectivity index (χ0) is 11.8. The normalized spacial score (nSPS) is 11.9. The van der Waals surface area contributed by atoms with Gasteiger partial charge in [-0.15, -0.1) is 0 Å². The zero-order valence-corrected chi connectivity index (χ0v) is 8.01. The Hall–Kier alpha value is -1.85. The second-order valence-corrected chi connectivity index (χ2v) is 3.40. The molecule has 0 amide bonds. The van der Waals surface area contributed by atoms with Crippen molar-refractivity contribution in [3.63, 3.8) is 0 Å². The van der Waals surface area contributed by atoms with E-state index in [9.17, 15) is 18.0 Å². The van der Waals surface area contributed by atoms with Gasteiger partial charge in [0.15, 0.2) is 0 Å². The van der Waals surface area contributed by atoms with Crippen LogP contribution in [0.5, 0.6) is 0 Å². The number of H-pyrrole nitrogens is 1. The number of aromatic nitrogens is 2. The summed E-state index contributed by atoms with van der Waals surface area (Å²) in [7, 11) is 0. The van der Waals surface area contributed by atoms with Gasteiger partial charge >= 0.3 is 11.9 Å². The summed E-state index contributed by atoms with van der Waals surface area (Å²) in [4.78, 5) is 16.7. The molecule has 1 heterocycles. The van der Waals surface area contributed by atoms with Gasteiger partial charge in [-0.1, -0.05) is 6.07 Å². The van der Waals surface area contributed by atoms with Gasteiger partial charge in [-0.3, -0.25) is 0 Å². The lowest BCUT2D eigenvalue weighted by Crippen LogP contribution is -2.12. The molecule has 0 aliphatic carbocycles. The van der Waals surface area contributed by atoms with Gasteiger partial charge in [0.1, 0.15) is 0 Å². The molecular weight excluding hydrogens is 221 g/mol. The van der Waals surface area contributed by atoms with Crippen molar-refractivity contribution in [3.05, 3.63) is 40.4 Å². The Labute approximate surface area is 87.9 Å². The first-order chi connectivity index (χ1) is 7.44. The van der Waals surface area contributed by atoms with Gasteiger partial charge < -0.3 is 4.98 Å². The van der Waals surface area contributed by atoms with E-state index in [2.05, 4.69) is 9.97 Å². The maximum absolute atomic E-state index is 12.1. The van der Waals surface area contributed by atoms with Crippen LogP contribution in [0.25, 0.3) is 10.9 Å². The van der Waals surface area contributed by atoms with Gasteiger partial charge in [0, 0.05) is 11.6 Å². The van der Waals surface area contributed by atoms with Crippen LogP contribution in [-0.4, -0.2) is 16.1 Å². The van der Waals surface area contributed by atoms with Crippen molar-refractivity contribution in [1.82, 2.24) is 9.97 Å². The quantitative estimate of drug-likeness (QED) is 0.811. The number of nitrogens with zero attached hydrogens (tertiary/aromatic N) is 1. The fourth-order valence-electron chi connectivity index (χ4n) is 1.45. The second-order valence-electron chi connectivity index (χ2n) is 3.40. The van der Waals surface area contributed by atoms with E-state index in [1.54, 1.807) is 0 Å². The fraction of sp³-hybridized carbons (Fsp3) is 0.200. The predicted molar refractivity (Wildman–Crippen MR) is 52.1 cm³/mol. The Kier molecular flexibility index (Phi) is 2.41. The van der Waals surface area contributed by atoms with E-state index in [-0.39, 0.29) is 5.56 Å². The number of aromatic amines is 1. The van der Waals surface area contributed by atoms with Crippen molar-refractivity contribution in [3.8, 4) is 0 Å². The molecule has 1 N–H and O–H groups in total. The summed E-state index contributed by atoms with van der Waals surface area (Å²) in [6.07, 6.45) is -3.96. The van der Waals surface area contributed by atoms with Crippen molar-refractivity contribution in [1.29, 1.82) is 0 Å². The molecule has 0 saturated carbocycles. The highest BCUT2D eigenvalue weighted by molar-refractivity contribution is 5.77. The molecule has 2 rings (SSSR count). The topological polar surface area (TPSA) is 45.8 Å². The Morgan fingerprint density at radius 2 is 2.06 bits per heavy atom. The average molecular weight is 228 g/mol. The van der Waals surface area contributed by atoms with Crippen LogP contribution in [0, 0.1) is 0 Å². The predicted octanol–water partition coefficient (Wildman–Crippen LogP) is 2.03. The average Bonchev–Trinajstić information content (AvgIpc) is 2.16. The van der Waals surface area contributed by atoms with Crippen LogP contribution in [0.3, 0.4) is 0 Å². The minimum Gasteiger partial charge on any atom is -0.305 e. The van der Waals surface area contributed by atoms with Gasteiger partial charge in [-0.2, -0.15) is 13.2 Å². The van der Waals surface area contributed by atoms with Crippen molar-refractivity contribution in [2.45, 2.75) is 12.6 Å². The van der Waals surface area contributed by atoms with Crippen LogP contribution in [-0.2, 0) is 6.42 Å². The molecule has 3 nitrogen and oxygen atoms in total. The van der Waals surface area contributed by atoms with Crippen LogP contribution in [0.4, 0.5) is 13.2 Å². The molecular formula is C10H7F3N2O. The minimum atomic E-state index is -4.23. The zero-order valence-electron chi connectivity index (χ0n) is 8.01. The van der Waals surface area contributed by atoms with Gasteiger partial charge in [-0.05, 0) is 17.7 Å². The Bertz CT molecular complexity index is 574. The minimum absolute atomic E-state index is 0.147. The van der Waals surface area contributed by atoms with Crippen LogP contribution >= 0.6 is 0 Å². The molecule has 2 aromatic rings. The first-order valence-electron chi connectivity index (χ1n) is 4.49. The fourth-order valence-corrected chi connectivity index (χ4v) is 1.45. The maximum Gasteiger partial charge on any atom is 0.393 e. The molecule has 1 aromatic heterocycles. The first-order valence-corrected chi connectivity index (χ1v) is 4.49. The molecule has 6 heteroatoms. The smallest absolute Gasteiger partial charge is 0.305 e. The molecule has 0 bridgehead atoms. The van der Waals surface area contributed by atoms with Crippen molar-refractivity contribution in [2.75, 3.05) is 0 Å². The number of halogens is 3. The molecule has 16 heavy (non-hydrogen) atoms. The van der Waals surface area contributed by atoms with Crippen LogP contribution in [0.1, 0.15) is 5.56 Å². The summed E-state index contributed by atoms with van der Waals surface area (Å²) in [6.45, 7) is 0. The number of hydrogen-bond donors (Lipinski definition) is 1. The van der Waals surface area contributed by atoms with E-state index in [0.717, 1.165) is 0 Å². The molecule has 0 fully saturated rings. The Balaban J connectivity index is 2.45. The molecule has 0 radical (unpaired) electrons. The van der Waals surface area contributed by atoms with Crippen molar-refractivity contribution >= 4 is 10.9 Å². The number of nitrogens with one attached hydrogen (secondary N) is 1. The standard InChI is InChI=1S/C10H7F3N2O/c11-10(12,13)4-6-1-2-8-7(3-6)5-14-9(16)15-8/h1-3,5H,4H2,(H,14,15,16). The number of rotatable bonds is 1. The molecule has 0 atom stereocenters. The highest BCUT2D eigenvalue weighted by Crippen LogP contribution is 2.22. The van der Waals surface area contributed by atoms with Gasteiger partial charge in [0.2, 0.25) is 0 Å². The Morgan fingerprint density at radius 3 is 2.75 bits per heavy atom. The maximum atomic E-state index is 12.1. The molecule has 0 unspecified atom stereocenters. The van der Waals surface area contributed by atoms with Gasteiger partial charge in [-0.25, -0.2) is 9.78 Å². The van der Waals surface area contributed by atoms with E-state index in [4.69, 9.17) is 0 Å². The molecule has 84 valence electrons.